The fourth-order valence-corrected chi connectivity index (χ4v) is 4.07. The molecule has 0 spiro atoms. The van der Waals surface area contributed by atoms with E-state index in [1.54, 1.807) is 0 Å². The van der Waals surface area contributed by atoms with Gasteiger partial charge in [-0.3, -0.25) is 0 Å². The molecule has 2 heterocycles. The van der Waals surface area contributed by atoms with E-state index >= 15 is 0 Å². The molecule has 140 valence electrons. The van der Waals surface area contributed by atoms with Crippen molar-refractivity contribution in [3.05, 3.63) is 77.6 Å². The molecule has 2 aromatic heterocycles. The van der Waals surface area contributed by atoms with Gasteiger partial charge in [-0.25, -0.2) is 4.98 Å². The maximum atomic E-state index is 9.77. The van der Waals surface area contributed by atoms with Crippen molar-refractivity contribution in [3.8, 4) is 6.07 Å². The van der Waals surface area contributed by atoms with E-state index in [0.29, 0.717) is 11.4 Å². The molecule has 1 N–H and O–H groups in total. The summed E-state index contributed by atoms with van der Waals surface area (Å²) in [5.74, 6) is 0.601. The minimum Gasteiger partial charge on any atom is -0.341 e. The quantitative estimate of drug-likeness (QED) is 0.389. The molecule has 0 fully saturated rings. The Hall–Kier alpha value is -3.84. The maximum absolute atomic E-state index is 9.77. The van der Waals surface area contributed by atoms with Crippen molar-refractivity contribution in [2.45, 2.75) is 20.4 Å². The van der Waals surface area contributed by atoms with E-state index in [2.05, 4.69) is 70.0 Å². The highest BCUT2D eigenvalue weighted by Crippen LogP contribution is 2.30. The topological polar surface area (TPSA) is 57.4 Å². The van der Waals surface area contributed by atoms with E-state index in [9.17, 15) is 5.26 Å². The molecule has 4 nitrogen and oxygen atoms in total. The van der Waals surface area contributed by atoms with E-state index in [0.717, 1.165) is 28.7 Å². The summed E-state index contributed by atoms with van der Waals surface area (Å²) in [4.78, 5) is 7.88. The number of nitriles is 1. The van der Waals surface area contributed by atoms with Gasteiger partial charge < -0.3 is 9.55 Å². The minimum absolute atomic E-state index is 0.525. The van der Waals surface area contributed by atoms with Gasteiger partial charge in [0.2, 0.25) is 0 Å². The number of hydrogen-bond donors (Lipinski definition) is 1. The Morgan fingerprint density at radius 3 is 2.72 bits per heavy atom. The number of imidazole rings is 1. The molecule has 4 heteroatoms. The van der Waals surface area contributed by atoms with Crippen LogP contribution in [0.4, 0.5) is 0 Å². The summed E-state index contributed by atoms with van der Waals surface area (Å²) in [5, 5.41) is 12.2. The number of fused-ring (bicyclic) bond motifs is 4. The zero-order valence-corrected chi connectivity index (χ0v) is 16.4. The van der Waals surface area contributed by atoms with Gasteiger partial charge in [-0.15, -0.1) is 0 Å². The first-order valence-corrected chi connectivity index (χ1v) is 9.77. The molecule has 0 bridgehead atoms. The van der Waals surface area contributed by atoms with Crippen LogP contribution in [0.25, 0.3) is 44.5 Å². The van der Waals surface area contributed by atoms with Crippen LogP contribution >= 0.6 is 0 Å². The first-order valence-electron chi connectivity index (χ1n) is 9.77. The van der Waals surface area contributed by atoms with Gasteiger partial charge >= 0.3 is 0 Å². The third-order valence-electron chi connectivity index (χ3n) is 5.44. The summed E-state index contributed by atoms with van der Waals surface area (Å²) in [6.45, 7) is 5.13. The standard InChI is InChI=1S/C25H20N4/c1-3-29-23-7-5-4-6-19(23)20-14-17(9-11-24(20)29)13-18(15-26)25-27-21-10-8-16(2)12-22(21)28-25/h4-14H,3H2,1-2H3,(H,27,28)/b18-13+. The zero-order valence-electron chi connectivity index (χ0n) is 16.4. The Kier molecular flexibility index (Phi) is 3.96. The SMILES string of the molecule is CCn1c2ccccc2c2cc(/C=C(\C#N)c3nc4ccc(C)cc4[nH]3)ccc21. The summed E-state index contributed by atoms with van der Waals surface area (Å²) < 4.78 is 2.32. The van der Waals surface area contributed by atoms with Crippen LogP contribution in [0, 0.1) is 18.3 Å². The Morgan fingerprint density at radius 2 is 1.90 bits per heavy atom. The fourth-order valence-electron chi connectivity index (χ4n) is 4.07. The van der Waals surface area contributed by atoms with Crippen molar-refractivity contribution in [2.24, 2.45) is 0 Å². The van der Waals surface area contributed by atoms with Crippen LogP contribution in [0.5, 0.6) is 0 Å². The number of allylic oxidation sites excluding steroid dienone is 1. The van der Waals surface area contributed by atoms with Gasteiger partial charge in [-0.1, -0.05) is 30.3 Å². The average Bonchev–Trinajstić information content (AvgIpc) is 3.30. The van der Waals surface area contributed by atoms with Gasteiger partial charge in [0.25, 0.3) is 0 Å². The van der Waals surface area contributed by atoms with Crippen LogP contribution in [-0.2, 0) is 6.54 Å². The molecule has 0 radical (unpaired) electrons. The minimum atomic E-state index is 0.525. The Labute approximate surface area is 168 Å². The summed E-state index contributed by atoms with van der Waals surface area (Å²) in [5.41, 5.74) is 6.94. The third-order valence-corrected chi connectivity index (χ3v) is 5.44. The number of nitrogens with one attached hydrogen (secondary N) is 1. The molecule has 0 amide bonds. The van der Waals surface area contributed by atoms with Crippen LogP contribution in [0.15, 0.2) is 60.7 Å². The molecule has 0 aliphatic rings. The molecular formula is C25H20N4. The van der Waals surface area contributed by atoms with Crippen molar-refractivity contribution < 1.29 is 0 Å². The number of rotatable bonds is 3. The van der Waals surface area contributed by atoms with Crippen LogP contribution in [-0.4, -0.2) is 14.5 Å². The van der Waals surface area contributed by atoms with Gasteiger partial charge in [-0.05, 0) is 61.4 Å². The molecule has 0 saturated carbocycles. The van der Waals surface area contributed by atoms with E-state index in [4.69, 9.17) is 0 Å². The fraction of sp³-hybridized carbons (Fsp3) is 0.120. The van der Waals surface area contributed by atoms with Crippen molar-refractivity contribution in [3.63, 3.8) is 0 Å². The molecule has 0 unspecified atom stereocenters. The number of aromatic amines is 1. The van der Waals surface area contributed by atoms with Gasteiger partial charge in [0, 0.05) is 28.4 Å². The van der Waals surface area contributed by atoms with Crippen LogP contribution < -0.4 is 0 Å². The lowest BCUT2D eigenvalue weighted by molar-refractivity contribution is 0.827. The van der Waals surface area contributed by atoms with Crippen molar-refractivity contribution in [1.29, 1.82) is 5.26 Å². The molecular weight excluding hydrogens is 356 g/mol. The van der Waals surface area contributed by atoms with Crippen LogP contribution in [0.3, 0.4) is 0 Å². The van der Waals surface area contributed by atoms with E-state index in [-0.39, 0.29) is 0 Å². The number of aryl methyl sites for hydroxylation is 2. The third kappa shape index (κ3) is 2.79. The second-order valence-corrected chi connectivity index (χ2v) is 7.31. The van der Waals surface area contributed by atoms with Gasteiger partial charge in [-0.2, -0.15) is 5.26 Å². The molecule has 3 aromatic carbocycles. The molecule has 29 heavy (non-hydrogen) atoms. The molecule has 5 aromatic rings. The monoisotopic (exact) mass is 376 g/mol. The molecule has 5 rings (SSSR count). The average molecular weight is 376 g/mol. The van der Waals surface area contributed by atoms with Gasteiger partial charge in [0.1, 0.15) is 11.9 Å². The second kappa shape index (κ2) is 6.65. The van der Waals surface area contributed by atoms with E-state index in [1.807, 2.05) is 31.2 Å². The summed E-state index contributed by atoms with van der Waals surface area (Å²) >= 11 is 0. The Balaban J connectivity index is 1.66. The number of para-hydroxylation sites is 1. The predicted octanol–water partition coefficient (Wildman–Crippen LogP) is 6.06. The van der Waals surface area contributed by atoms with Crippen LogP contribution in [0.2, 0.25) is 0 Å². The van der Waals surface area contributed by atoms with Gasteiger partial charge in [0.05, 0.1) is 16.6 Å². The highest BCUT2D eigenvalue weighted by atomic mass is 15.0. The molecule has 0 aliphatic carbocycles. The normalized spacial score (nSPS) is 12.1. The highest BCUT2D eigenvalue weighted by molar-refractivity contribution is 6.09. The number of H-pyrrole nitrogens is 1. The molecule has 0 atom stereocenters. The van der Waals surface area contributed by atoms with E-state index < -0.39 is 0 Å². The predicted molar refractivity (Wildman–Crippen MR) is 119 cm³/mol. The van der Waals surface area contributed by atoms with Crippen LogP contribution in [0.1, 0.15) is 23.9 Å². The number of aromatic nitrogens is 3. The Morgan fingerprint density at radius 1 is 1.07 bits per heavy atom. The lowest BCUT2D eigenvalue weighted by Gasteiger charge is -2.03. The maximum Gasteiger partial charge on any atom is 0.149 e. The lowest BCUT2D eigenvalue weighted by atomic mass is 10.1. The largest absolute Gasteiger partial charge is 0.341 e. The van der Waals surface area contributed by atoms with Crippen molar-refractivity contribution >= 4 is 44.5 Å². The smallest absolute Gasteiger partial charge is 0.149 e. The van der Waals surface area contributed by atoms with Crippen molar-refractivity contribution in [2.75, 3.05) is 0 Å². The zero-order chi connectivity index (χ0) is 20.0. The number of hydrogen-bond acceptors (Lipinski definition) is 2. The first kappa shape index (κ1) is 17.3. The summed E-state index contributed by atoms with van der Waals surface area (Å²) in [6, 6.07) is 23.2. The summed E-state index contributed by atoms with van der Waals surface area (Å²) in [7, 11) is 0. The number of nitrogens with zero attached hydrogens (tertiary/aromatic N) is 3. The number of benzene rings is 3. The lowest BCUT2D eigenvalue weighted by Crippen LogP contribution is -1.92. The molecule has 0 saturated heterocycles. The van der Waals surface area contributed by atoms with E-state index in [1.165, 1.54) is 21.8 Å². The van der Waals surface area contributed by atoms with Crippen molar-refractivity contribution in [1.82, 2.24) is 14.5 Å². The Bertz CT molecular complexity index is 1460. The molecule has 0 aliphatic heterocycles. The highest BCUT2D eigenvalue weighted by Gasteiger charge is 2.11. The summed E-state index contributed by atoms with van der Waals surface area (Å²) in [6.07, 6.45) is 1.90. The van der Waals surface area contributed by atoms with Gasteiger partial charge in [0.15, 0.2) is 0 Å². The second-order valence-electron chi connectivity index (χ2n) is 7.31. The first-order chi connectivity index (χ1) is 14.2.